The molecule has 2 aromatic heterocycles. The highest BCUT2D eigenvalue weighted by Gasteiger charge is 2.62. The van der Waals surface area contributed by atoms with Crippen LogP contribution < -0.4 is 10.6 Å². The smallest absolute Gasteiger partial charge is 0.411 e. The van der Waals surface area contributed by atoms with Crippen molar-refractivity contribution in [3.8, 4) is 29.4 Å². The van der Waals surface area contributed by atoms with Crippen LogP contribution in [-0.4, -0.2) is 149 Å². The minimum Gasteiger partial charge on any atom is -0.508 e. The largest absolute Gasteiger partial charge is 0.508 e. The zero-order valence-electron chi connectivity index (χ0n) is 38.0. The Morgan fingerprint density at radius 2 is 1.88 bits per heavy atom. The summed E-state index contributed by atoms with van der Waals surface area (Å²) in [5.41, 5.74) is -1.45. The van der Waals surface area contributed by atoms with Crippen LogP contribution in [0.25, 0.3) is 21.8 Å². The molecule has 2 saturated heterocycles. The molecule has 18 nitrogen and oxygen atoms in total. The van der Waals surface area contributed by atoms with Gasteiger partial charge in [-0.2, -0.15) is 0 Å². The number of fused-ring (bicyclic) bond motifs is 4. The molecule has 11 atom stereocenters. The lowest BCUT2D eigenvalue weighted by Gasteiger charge is -2.51. The van der Waals surface area contributed by atoms with Crippen molar-refractivity contribution in [2.24, 2.45) is 5.92 Å². The van der Waals surface area contributed by atoms with Crippen LogP contribution >= 0.6 is 11.8 Å². The first-order chi connectivity index (χ1) is 32.1. The standard InChI is InChI=1S/C48H54N4O14S/c1-24(2)50-33-23-63-38(22-37(33)60-5)66-43-45(58)48(62-7,44(57)42-41-28(16-18-49-42)31-20-27(54)14-15-32(31)51-41)25(3)64-46(43)65-36-13-11-9-8-10-12-30-39(36)29(17-19-67-26(4)53)34(55)21-35(56)40(30)52-47(59)61-6/h8-9,14-18,20,24-25,33-34,36-39,43,45-46,50-51,54-55,58H,19,21-23H2,1-7H3,(H,52,59)/b9-8-,29-17-/t25?,33?,34-,36-,37?,38?,39?,43?,45?,46?,48?/m0/s1. The number of hydrogen-bond acceptors (Lipinski definition) is 17. The number of carbonyl (C=O) groups excluding carboxylic acids is 4. The van der Waals surface area contributed by atoms with Gasteiger partial charge in [-0.3, -0.25) is 24.7 Å². The van der Waals surface area contributed by atoms with Gasteiger partial charge < -0.3 is 58.8 Å². The lowest BCUT2D eigenvalue weighted by molar-refractivity contribution is -0.354. The monoisotopic (exact) mass is 942 g/mol. The number of aromatic hydroxyl groups is 1. The van der Waals surface area contributed by atoms with Gasteiger partial charge in [-0.15, -0.1) is 0 Å². The number of methoxy groups -OCH3 is 3. The Hall–Kier alpha value is -5.42. The van der Waals surface area contributed by atoms with Crippen molar-refractivity contribution in [1.29, 1.82) is 0 Å². The fourth-order valence-corrected chi connectivity index (χ4v) is 9.52. The average molecular weight is 943 g/mol. The molecule has 4 heterocycles. The maximum absolute atomic E-state index is 15.2. The van der Waals surface area contributed by atoms with E-state index in [2.05, 4.69) is 44.3 Å². The van der Waals surface area contributed by atoms with Crippen LogP contribution in [0.1, 0.15) is 51.0 Å². The second-order valence-electron chi connectivity index (χ2n) is 16.6. The molecule has 2 aliphatic carbocycles. The first-order valence-electron chi connectivity index (χ1n) is 21.7. The van der Waals surface area contributed by atoms with Gasteiger partial charge in [0.25, 0.3) is 0 Å². The normalized spacial score (nSPS) is 30.8. The molecule has 9 unspecified atom stereocenters. The minimum absolute atomic E-state index is 0.00762. The molecule has 0 radical (unpaired) electrons. The summed E-state index contributed by atoms with van der Waals surface area (Å²) >= 11 is 0.957. The summed E-state index contributed by atoms with van der Waals surface area (Å²) in [5.74, 6) is 9.17. The van der Waals surface area contributed by atoms with Crippen molar-refractivity contribution < 1.29 is 67.7 Å². The molecule has 1 aromatic carbocycles. The number of aromatic nitrogens is 2. The summed E-state index contributed by atoms with van der Waals surface area (Å²) in [5, 5.41) is 41.8. The van der Waals surface area contributed by atoms with Gasteiger partial charge in [0.2, 0.25) is 5.78 Å². The SMILES string of the molecule is COC(=O)NC1=C2C#C/C=C\C#C[C@H](OC3OC(C)C(OC)(C(=O)c4nccc5c4[nH]c4ccc(O)cc45)C(O)C3OC3CC(OC)C(NC(C)C)CO3)C2/C(=C\CSC(C)=O)[C@@H](O)CC1=O. The van der Waals surface area contributed by atoms with Gasteiger partial charge in [0.15, 0.2) is 29.1 Å². The van der Waals surface area contributed by atoms with Crippen LogP contribution in [-0.2, 0) is 42.7 Å². The first kappa shape index (κ1) is 49.5. The van der Waals surface area contributed by atoms with E-state index in [9.17, 15) is 29.7 Å². The third-order valence-electron chi connectivity index (χ3n) is 12.1. The number of hydrogen-bond donors (Lipinski definition) is 6. The molecule has 2 aliphatic heterocycles. The van der Waals surface area contributed by atoms with Gasteiger partial charge in [-0.1, -0.05) is 55.4 Å². The van der Waals surface area contributed by atoms with E-state index in [4.69, 9.17) is 33.2 Å². The lowest BCUT2D eigenvalue weighted by Crippen LogP contribution is -2.71. The van der Waals surface area contributed by atoms with E-state index in [1.165, 1.54) is 45.4 Å². The summed E-state index contributed by atoms with van der Waals surface area (Å²) in [6.45, 7) is 7.04. The predicted molar refractivity (Wildman–Crippen MR) is 244 cm³/mol. The van der Waals surface area contributed by atoms with Crippen LogP contribution in [0.3, 0.4) is 0 Å². The maximum atomic E-state index is 15.2. The van der Waals surface area contributed by atoms with E-state index in [-0.39, 0.29) is 64.3 Å². The number of phenols is 1. The van der Waals surface area contributed by atoms with E-state index in [1.54, 1.807) is 31.4 Å². The molecule has 6 N–H and O–H groups in total. The summed E-state index contributed by atoms with van der Waals surface area (Å²) in [4.78, 5) is 61.6. The van der Waals surface area contributed by atoms with Gasteiger partial charge in [0.05, 0.1) is 55.2 Å². The number of rotatable bonds is 13. The number of nitrogens with zero attached hydrogens (tertiary/aromatic N) is 1. The quantitative estimate of drug-likeness (QED) is 0.0818. The topological polar surface area (TPSA) is 246 Å². The van der Waals surface area contributed by atoms with E-state index < -0.39 is 84.8 Å². The number of thioether (sulfide) groups is 1. The molecule has 0 saturated carbocycles. The number of alkyl carbamates (subject to hydrolysis) is 1. The highest BCUT2D eigenvalue weighted by atomic mass is 32.2. The molecule has 0 bridgehead atoms. The molecular weight excluding hydrogens is 889 g/mol. The summed E-state index contributed by atoms with van der Waals surface area (Å²) < 4.78 is 43.2. The van der Waals surface area contributed by atoms with Gasteiger partial charge in [0, 0.05) is 73.8 Å². The van der Waals surface area contributed by atoms with E-state index in [1.807, 2.05) is 13.8 Å². The second-order valence-corrected chi connectivity index (χ2v) is 17.8. The molecule has 3 aromatic rings. The van der Waals surface area contributed by atoms with Crippen LogP contribution in [0.5, 0.6) is 5.75 Å². The Kier molecular flexibility index (Phi) is 15.7. The molecule has 19 heteroatoms. The molecule has 2 fully saturated rings. The number of pyridine rings is 1. The number of nitrogens with one attached hydrogen (secondary N) is 3. The van der Waals surface area contributed by atoms with Crippen molar-refractivity contribution in [2.75, 3.05) is 33.7 Å². The highest BCUT2D eigenvalue weighted by molar-refractivity contribution is 8.13. The van der Waals surface area contributed by atoms with Crippen LogP contribution in [0.2, 0.25) is 0 Å². The Bertz CT molecular complexity index is 2620. The number of aromatic amines is 1. The molecule has 0 spiro atoms. The first-order valence-corrected chi connectivity index (χ1v) is 22.7. The molecule has 67 heavy (non-hydrogen) atoms. The number of aliphatic hydroxyl groups excluding tert-OH is 2. The number of Topliss-reactive ketones (excluding diaryl/α,β-unsaturated/α-hetero) is 2. The number of ether oxygens (including phenoxy) is 7. The second kappa shape index (κ2) is 21.3. The summed E-state index contributed by atoms with van der Waals surface area (Å²) in [6, 6.07) is 6.30. The van der Waals surface area contributed by atoms with Crippen LogP contribution in [0, 0.1) is 29.6 Å². The Morgan fingerprint density at radius 3 is 2.60 bits per heavy atom. The fraction of sp³-hybridized carbons (Fsp3) is 0.479. The van der Waals surface area contributed by atoms with Crippen LogP contribution in [0.15, 0.2) is 65.5 Å². The van der Waals surface area contributed by atoms with E-state index in [0.29, 0.717) is 21.8 Å². The number of amides is 1. The number of H-pyrrole nitrogens is 1. The number of allylic oxidation sites excluding steroid dienone is 3. The van der Waals surface area contributed by atoms with Crippen LogP contribution in [0.4, 0.5) is 4.79 Å². The zero-order valence-corrected chi connectivity index (χ0v) is 38.8. The zero-order chi connectivity index (χ0) is 48.2. The Morgan fingerprint density at radius 1 is 1.10 bits per heavy atom. The number of ketones is 2. The highest BCUT2D eigenvalue weighted by Crippen LogP contribution is 2.43. The molecule has 1 amide bonds. The Balaban J connectivity index is 1.35. The summed E-state index contributed by atoms with van der Waals surface area (Å²) in [7, 11) is 3.94. The summed E-state index contributed by atoms with van der Waals surface area (Å²) in [6.07, 6.45) is -6.15. The molecule has 356 valence electrons. The molecule has 7 rings (SSSR count). The van der Waals surface area contributed by atoms with Crippen molar-refractivity contribution in [3.05, 3.63) is 71.2 Å². The van der Waals surface area contributed by atoms with Crippen molar-refractivity contribution in [3.63, 3.8) is 0 Å². The van der Waals surface area contributed by atoms with Gasteiger partial charge in [-0.25, -0.2) is 4.79 Å². The number of phenolic OH excluding ortho intramolecular Hbond substituents is 1. The molecule has 4 aliphatic rings. The Labute approximate surface area is 391 Å². The average Bonchev–Trinajstić information content (AvgIpc) is 3.67. The number of aliphatic hydroxyl groups is 2. The number of carbonyl (C=O) groups is 4. The van der Waals surface area contributed by atoms with E-state index in [0.717, 1.165) is 18.9 Å². The fourth-order valence-electron chi connectivity index (χ4n) is 9.01. The predicted octanol–water partition coefficient (Wildman–Crippen LogP) is 3.34. The third kappa shape index (κ3) is 10.2. The van der Waals surface area contributed by atoms with Crippen molar-refractivity contribution in [2.45, 2.75) is 107 Å². The van der Waals surface area contributed by atoms with Gasteiger partial charge >= 0.3 is 6.09 Å². The lowest BCUT2D eigenvalue weighted by atomic mass is 9.79. The number of benzene rings is 1. The van der Waals surface area contributed by atoms with Gasteiger partial charge in [0.1, 0.15) is 29.8 Å². The third-order valence-corrected chi connectivity index (χ3v) is 12.9. The van der Waals surface area contributed by atoms with Gasteiger partial charge in [-0.05, 0) is 48.9 Å². The van der Waals surface area contributed by atoms with Crippen molar-refractivity contribution in [1.82, 2.24) is 20.6 Å². The van der Waals surface area contributed by atoms with E-state index >= 15 is 4.79 Å². The maximum Gasteiger partial charge on any atom is 0.411 e. The van der Waals surface area contributed by atoms with Crippen molar-refractivity contribution >= 4 is 56.3 Å². The minimum atomic E-state index is -2.22. The molecular formula is C48H54N4O14S.